The van der Waals surface area contributed by atoms with E-state index in [1.165, 1.54) is 23.9 Å². The normalized spacial score (nSPS) is 24.0. The summed E-state index contributed by atoms with van der Waals surface area (Å²) in [6.45, 7) is 0. The molecule has 0 spiro atoms. The molecule has 0 aromatic carbocycles. The van der Waals surface area contributed by atoms with Crippen LogP contribution in [0.5, 0.6) is 0 Å². The van der Waals surface area contributed by atoms with Crippen LogP contribution in [0.25, 0.3) is 0 Å². The fourth-order valence-corrected chi connectivity index (χ4v) is 1.67. The SMILES string of the molecule is C[N+]1=C(N)NC=CC1S(=O)(=O)O. The fourth-order valence-electron chi connectivity index (χ4n) is 0.883. The van der Waals surface area contributed by atoms with Crippen LogP contribution in [0.2, 0.25) is 0 Å². The minimum absolute atomic E-state index is 0.181. The van der Waals surface area contributed by atoms with Crippen molar-refractivity contribution in [3.63, 3.8) is 0 Å². The summed E-state index contributed by atoms with van der Waals surface area (Å²) >= 11 is 0. The summed E-state index contributed by atoms with van der Waals surface area (Å²) in [5.74, 6) is 0.181. The maximum atomic E-state index is 10.7. The highest BCUT2D eigenvalue weighted by Crippen LogP contribution is 2.03. The predicted molar refractivity (Wildman–Crippen MR) is 43.0 cm³/mol. The first kappa shape index (κ1) is 9.01. The van der Waals surface area contributed by atoms with Gasteiger partial charge in [0, 0.05) is 6.08 Å². The van der Waals surface area contributed by atoms with Crippen molar-refractivity contribution in [2.45, 2.75) is 5.37 Å². The van der Waals surface area contributed by atoms with E-state index in [0.29, 0.717) is 0 Å². The van der Waals surface area contributed by atoms with Crippen LogP contribution in [-0.2, 0) is 10.1 Å². The van der Waals surface area contributed by atoms with Gasteiger partial charge in [-0.3, -0.25) is 15.6 Å². The van der Waals surface area contributed by atoms with E-state index in [4.69, 9.17) is 10.3 Å². The Bertz CT molecular complexity index is 343. The number of nitrogens with one attached hydrogen (secondary N) is 1. The second-order valence-electron chi connectivity index (χ2n) is 2.41. The lowest BCUT2D eigenvalue weighted by molar-refractivity contribution is -0.507. The topological polar surface area (TPSA) is 95.4 Å². The number of likely N-dealkylation sites (N-methyl/N-ethyl adjacent to an activating group) is 1. The molecule has 0 aliphatic carbocycles. The second kappa shape index (κ2) is 2.76. The van der Waals surface area contributed by atoms with Gasteiger partial charge in [0.25, 0.3) is 0 Å². The minimum atomic E-state index is -4.11. The van der Waals surface area contributed by atoms with Gasteiger partial charge in [0.2, 0.25) is 5.37 Å². The van der Waals surface area contributed by atoms with Crippen molar-refractivity contribution in [3.05, 3.63) is 12.3 Å². The molecule has 1 aliphatic heterocycles. The van der Waals surface area contributed by atoms with Gasteiger partial charge < -0.3 is 0 Å². The molecule has 0 bridgehead atoms. The molecule has 0 aromatic heterocycles. The summed E-state index contributed by atoms with van der Waals surface area (Å²) in [5, 5.41) is 1.50. The maximum Gasteiger partial charge on any atom is 0.349 e. The highest BCUT2D eigenvalue weighted by atomic mass is 32.2. The first-order chi connectivity index (χ1) is 5.43. The van der Waals surface area contributed by atoms with Crippen LogP contribution in [0.4, 0.5) is 0 Å². The quantitative estimate of drug-likeness (QED) is 0.339. The van der Waals surface area contributed by atoms with Gasteiger partial charge in [-0.1, -0.05) is 0 Å². The zero-order chi connectivity index (χ0) is 9.35. The maximum absolute atomic E-state index is 10.7. The van der Waals surface area contributed by atoms with Crippen molar-refractivity contribution < 1.29 is 17.5 Å². The van der Waals surface area contributed by atoms with E-state index in [-0.39, 0.29) is 5.96 Å². The van der Waals surface area contributed by atoms with Gasteiger partial charge in [0.1, 0.15) is 0 Å². The van der Waals surface area contributed by atoms with Crippen LogP contribution in [0.15, 0.2) is 12.3 Å². The lowest BCUT2D eigenvalue weighted by Gasteiger charge is -2.14. The highest BCUT2D eigenvalue weighted by Gasteiger charge is 2.28. The molecule has 1 aliphatic rings. The number of hydrogen-bond acceptors (Lipinski definition) is 4. The molecule has 0 saturated heterocycles. The van der Waals surface area contributed by atoms with Crippen LogP contribution >= 0.6 is 0 Å². The largest absolute Gasteiger partial charge is 0.349 e. The number of hydrogen-bond donors (Lipinski definition) is 3. The fraction of sp³-hybridized carbons (Fsp3) is 0.400. The Morgan fingerprint density at radius 2 is 2.33 bits per heavy atom. The minimum Gasteiger partial charge on any atom is -0.290 e. The molecule has 4 N–H and O–H groups in total. The summed E-state index contributed by atoms with van der Waals surface area (Å²) in [4.78, 5) is 0. The van der Waals surface area contributed by atoms with E-state index in [1.807, 2.05) is 0 Å². The van der Waals surface area contributed by atoms with Gasteiger partial charge in [0.05, 0.1) is 13.2 Å². The van der Waals surface area contributed by atoms with E-state index in [9.17, 15) is 8.42 Å². The molecule has 0 aromatic rings. The van der Waals surface area contributed by atoms with Crippen LogP contribution in [-0.4, -0.2) is 35.9 Å². The lowest BCUT2D eigenvalue weighted by Crippen LogP contribution is -2.46. The third-order valence-corrected chi connectivity index (χ3v) is 2.64. The number of guanidine groups is 1. The zero-order valence-electron chi connectivity index (χ0n) is 6.43. The van der Waals surface area contributed by atoms with E-state index in [1.54, 1.807) is 0 Å². The second-order valence-corrected chi connectivity index (χ2v) is 3.92. The number of rotatable bonds is 1. The van der Waals surface area contributed by atoms with Crippen LogP contribution < -0.4 is 11.1 Å². The van der Waals surface area contributed by atoms with Gasteiger partial charge in [-0.25, -0.2) is 4.58 Å². The first-order valence-corrected chi connectivity index (χ1v) is 4.68. The Kier molecular flexibility index (Phi) is 2.07. The molecule has 1 atom stereocenters. The summed E-state index contributed by atoms with van der Waals surface area (Å²) in [6.07, 6.45) is 2.67. The Labute approximate surface area is 70.1 Å². The first-order valence-electron chi connectivity index (χ1n) is 3.17. The van der Waals surface area contributed by atoms with Crippen molar-refractivity contribution in [2.75, 3.05) is 7.05 Å². The monoisotopic (exact) mass is 192 g/mol. The molecular weight excluding hydrogens is 182 g/mol. The van der Waals surface area contributed by atoms with E-state index in [2.05, 4.69) is 5.32 Å². The third-order valence-electron chi connectivity index (χ3n) is 1.56. The van der Waals surface area contributed by atoms with Gasteiger partial charge in [0.15, 0.2) is 0 Å². The van der Waals surface area contributed by atoms with Gasteiger partial charge >= 0.3 is 16.1 Å². The van der Waals surface area contributed by atoms with Crippen molar-refractivity contribution in [1.29, 1.82) is 0 Å². The molecule has 0 radical (unpaired) electrons. The standard InChI is InChI=1S/C5H9N3O3S/c1-8-4(12(9,10)11)2-3-7-5(8)6/h2-4H,1H3,(H3,6,7,9,10,11)/p+1. The van der Waals surface area contributed by atoms with E-state index < -0.39 is 15.5 Å². The van der Waals surface area contributed by atoms with Crippen molar-refractivity contribution >= 4 is 16.1 Å². The molecule has 12 heavy (non-hydrogen) atoms. The van der Waals surface area contributed by atoms with Crippen molar-refractivity contribution in [3.8, 4) is 0 Å². The van der Waals surface area contributed by atoms with Crippen molar-refractivity contribution in [1.82, 2.24) is 5.32 Å². The Hall–Kier alpha value is -1.08. The molecule has 1 unspecified atom stereocenters. The lowest BCUT2D eigenvalue weighted by atomic mass is 10.5. The van der Waals surface area contributed by atoms with E-state index >= 15 is 0 Å². The van der Waals surface area contributed by atoms with Crippen LogP contribution in [0.3, 0.4) is 0 Å². The van der Waals surface area contributed by atoms with Crippen molar-refractivity contribution in [2.24, 2.45) is 5.73 Å². The molecule has 0 fully saturated rings. The predicted octanol–water partition coefficient (Wildman–Crippen LogP) is -1.73. The molecule has 6 nitrogen and oxygen atoms in total. The Balaban J connectivity index is 3.09. The summed E-state index contributed by atoms with van der Waals surface area (Å²) in [7, 11) is -2.65. The number of nitrogens with zero attached hydrogens (tertiary/aromatic N) is 1. The molecule has 0 amide bonds. The molecule has 0 saturated carbocycles. The highest BCUT2D eigenvalue weighted by molar-refractivity contribution is 7.86. The Morgan fingerprint density at radius 1 is 1.75 bits per heavy atom. The van der Waals surface area contributed by atoms with E-state index in [0.717, 1.165) is 0 Å². The van der Waals surface area contributed by atoms with Gasteiger partial charge in [-0.15, -0.1) is 0 Å². The Morgan fingerprint density at radius 3 is 2.75 bits per heavy atom. The summed E-state index contributed by atoms with van der Waals surface area (Å²) in [5.41, 5.74) is 5.37. The molecule has 68 valence electrons. The molecular formula is C5H10N3O3S+. The average Bonchev–Trinajstić information content (AvgIpc) is 1.92. The van der Waals surface area contributed by atoms with Gasteiger partial charge in [-0.2, -0.15) is 8.42 Å². The van der Waals surface area contributed by atoms with Gasteiger partial charge in [-0.05, 0) is 0 Å². The molecule has 1 heterocycles. The smallest absolute Gasteiger partial charge is 0.290 e. The number of nitrogens with two attached hydrogens (primary N) is 1. The van der Waals surface area contributed by atoms with Crippen LogP contribution in [0, 0.1) is 0 Å². The third kappa shape index (κ3) is 1.56. The molecule has 7 heteroatoms. The van der Waals surface area contributed by atoms with Crippen LogP contribution in [0.1, 0.15) is 0 Å². The zero-order valence-corrected chi connectivity index (χ0v) is 7.25. The average molecular weight is 192 g/mol. The summed E-state index contributed by atoms with van der Waals surface area (Å²) < 4.78 is 31.3. The molecule has 1 rings (SSSR count). The summed E-state index contributed by atoms with van der Waals surface area (Å²) in [6, 6.07) is 0.